The molecule has 39 heavy (non-hydrogen) atoms. The van der Waals surface area contributed by atoms with E-state index in [2.05, 4.69) is 36.4 Å². The van der Waals surface area contributed by atoms with E-state index in [-0.39, 0.29) is 31.5 Å². The second-order valence-corrected chi connectivity index (χ2v) is 17.0. The minimum atomic E-state index is -1.48. The van der Waals surface area contributed by atoms with E-state index in [1.165, 1.54) is 12.1 Å². The predicted molar refractivity (Wildman–Crippen MR) is 150 cm³/mol. The Kier molecular flexibility index (Phi) is 7.08. The fraction of sp³-hybridized carbons (Fsp3) is 0.345. The highest BCUT2D eigenvalue weighted by molar-refractivity contribution is 6.76. The smallest absolute Gasteiger partial charge is 0.327 e. The number of phenols is 1. The standard InChI is InChI=1S/C29H34N4O5Si/c1-39(2,3)15-14-38-19-33-27(36)29(31-28(33)37,18-32-17-22-6-9-24(34)16-25(22)26(32)35)23-7-4-20(5-8-23)21-10-12-30-13-11-21/h4-12,16,30,34H,13-15,17-19H2,1-3H3,(H,31,37)/t29-/m0/s1. The van der Waals surface area contributed by atoms with Crippen LogP contribution in [-0.4, -0.2) is 67.3 Å². The maximum absolute atomic E-state index is 14.0. The Balaban J connectivity index is 1.44. The van der Waals surface area contributed by atoms with Crippen LogP contribution in [-0.2, 0) is 21.6 Å². The van der Waals surface area contributed by atoms with Crippen LogP contribution in [0.1, 0.15) is 27.0 Å². The monoisotopic (exact) mass is 546 g/mol. The molecule has 3 aliphatic rings. The molecule has 0 aromatic heterocycles. The highest BCUT2D eigenvalue weighted by Crippen LogP contribution is 2.35. The molecule has 1 atom stereocenters. The zero-order valence-corrected chi connectivity index (χ0v) is 23.5. The van der Waals surface area contributed by atoms with Crippen molar-refractivity contribution in [1.82, 2.24) is 20.4 Å². The van der Waals surface area contributed by atoms with E-state index in [4.69, 9.17) is 4.74 Å². The number of hydrogen-bond acceptors (Lipinski definition) is 6. The predicted octanol–water partition coefficient (Wildman–Crippen LogP) is 3.61. The van der Waals surface area contributed by atoms with Crippen LogP contribution in [0.4, 0.5) is 4.79 Å². The van der Waals surface area contributed by atoms with Crippen LogP contribution in [0.25, 0.3) is 5.57 Å². The van der Waals surface area contributed by atoms with Gasteiger partial charge in [-0.15, -0.1) is 0 Å². The van der Waals surface area contributed by atoms with Crippen molar-refractivity contribution in [2.75, 3.05) is 26.4 Å². The third-order valence-electron chi connectivity index (χ3n) is 7.32. The van der Waals surface area contributed by atoms with Gasteiger partial charge in [-0.25, -0.2) is 9.69 Å². The van der Waals surface area contributed by atoms with Crippen LogP contribution in [0, 0.1) is 0 Å². The molecule has 10 heteroatoms. The lowest BCUT2D eigenvalue weighted by Crippen LogP contribution is -2.53. The summed E-state index contributed by atoms with van der Waals surface area (Å²) in [7, 11) is -1.34. The van der Waals surface area contributed by atoms with Crippen LogP contribution in [0.2, 0.25) is 25.7 Å². The summed E-state index contributed by atoms with van der Waals surface area (Å²) in [6, 6.07) is 12.5. The number of benzene rings is 2. The zero-order chi connectivity index (χ0) is 27.8. The minimum Gasteiger partial charge on any atom is -0.508 e. The van der Waals surface area contributed by atoms with Gasteiger partial charge in [0.25, 0.3) is 11.8 Å². The lowest BCUT2D eigenvalue weighted by atomic mass is 9.87. The minimum absolute atomic E-state index is 0.00223. The van der Waals surface area contributed by atoms with Crippen molar-refractivity contribution in [2.45, 2.75) is 37.8 Å². The van der Waals surface area contributed by atoms with E-state index >= 15 is 0 Å². The first-order valence-electron chi connectivity index (χ1n) is 13.1. The number of fused-ring (bicyclic) bond motifs is 1. The molecule has 0 radical (unpaired) electrons. The molecule has 0 saturated carbocycles. The van der Waals surface area contributed by atoms with Gasteiger partial charge in [0, 0.05) is 33.3 Å². The van der Waals surface area contributed by atoms with Crippen LogP contribution < -0.4 is 10.6 Å². The number of ether oxygens (including phenoxy) is 1. The molecule has 3 aliphatic heterocycles. The number of nitrogens with zero attached hydrogens (tertiary/aromatic N) is 2. The average molecular weight is 547 g/mol. The number of hydrogen-bond donors (Lipinski definition) is 3. The highest BCUT2D eigenvalue weighted by Gasteiger charge is 2.54. The van der Waals surface area contributed by atoms with Gasteiger partial charge in [-0.1, -0.05) is 56.0 Å². The summed E-state index contributed by atoms with van der Waals surface area (Å²) in [5.74, 6) is -0.753. The molecule has 2 aromatic carbocycles. The number of imide groups is 1. The van der Waals surface area contributed by atoms with E-state index in [9.17, 15) is 19.5 Å². The van der Waals surface area contributed by atoms with Crippen molar-refractivity contribution in [2.24, 2.45) is 0 Å². The Hall–Kier alpha value is -3.89. The Morgan fingerprint density at radius 3 is 2.54 bits per heavy atom. The first-order chi connectivity index (χ1) is 18.6. The average Bonchev–Trinajstić information content (AvgIpc) is 3.34. The largest absolute Gasteiger partial charge is 0.508 e. The molecule has 204 valence electrons. The molecular formula is C29H34N4O5Si. The number of urea groups is 1. The van der Waals surface area contributed by atoms with Crippen LogP contribution in [0.5, 0.6) is 5.75 Å². The summed E-state index contributed by atoms with van der Waals surface area (Å²) in [6.07, 6.45) is 5.94. The van der Waals surface area contributed by atoms with Gasteiger partial charge >= 0.3 is 6.03 Å². The number of dihydropyridines is 1. The summed E-state index contributed by atoms with van der Waals surface area (Å²) in [5, 5.41) is 15.9. The van der Waals surface area contributed by atoms with Crippen LogP contribution in [0.3, 0.4) is 0 Å². The van der Waals surface area contributed by atoms with Gasteiger partial charge in [-0.05, 0) is 52.7 Å². The number of phenolic OH excluding ortho intramolecular Hbond substituents is 1. The van der Waals surface area contributed by atoms with Gasteiger partial charge < -0.3 is 25.4 Å². The first-order valence-corrected chi connectivity index (χ1v) is 16.8. The van der Waals surface area contributed by atoms with E-state index in [1.54, 1.807) is 11.0 Å². The molecule has 1 fully saturated rings. The maximum atomic E-state index is 14.0. The summed E-state index contributed by atoms with van der Waals surface area (Å²) < 4.78 is 5.77. The summed E-state index contributed by atoms with van der Waals surface area (Å²) in [4.78, 5) is 43.1. The third-order valence-corrected chi connectivity index (χ3v) is 9.03. The van der Waals surface area contributed by atoms with Crippen molar-refractivity contribution in [3.05, 3.63) is 83.1 Å². The number of nitrogens with one attached hydrogen (secondary N) is 2. The van der Waals surface area contributed by atoms with Crippen molar-refractivity contribution < 1.29 is 24.2 Å². The van der Waals surface area contributed by atoms with Crippen molar-refractivity contribution in [3.8, 4) is 5.75 Å². The Morgan fingerprint density at radius 1 is 1.08 bits per heavy atom. The fourth-order valence-electron chi connectivity index (χ4n) is 5.05. The number of amides is 4. The lowest BCUT2D eigenvalue weighted by Gasteiger charge is -2.32. The van der Waals surface area contributed by atoms with Crippen LogP contribution >= 0.6 is 0 Å². The topological polar surface area (TPSA) is 111 Å². The van der Waals surface area contributed by atoms with Crippen LogP contribution in [0.15, 0.2) is 60.8 Å². The normalized spacial score (nSPS) is 20.7. The van der Waals surface area contributed by atoms with E-state index in [0.717, 1.165) is 34.2 Å². The van der Waals surface area contributed by atoms with E-state index in [1.807, 2.05) is 36.5 Å². The Labute approximate surface area is 229 Å². The van der Waals surface area contributed by atoms with E-state index < -0.39 is 25.6 Å². The zero-order valence-electron chi connectivity index (χ0n) is 22.5. The quantitative estimate of drug-likeness (QED) is 0.252. The molecule has 1 saturated heterocycles. The summed E-state index contributed by atoms with van der Waals surface area (Å²) in [6.45, 7) is 7.97. The van der Waals surface area contributed by atoms with Crippen molar-refractivity contribution >= 4 is 31.5 Å². The van der Waals surface area contributed by atoms with Crippen molar-refractivity contribution in [1.29, 1.82) is 0 Å². The van der Waals surface area contributed by atoms with Gasteiger partial charge in [0.2, 0.25) is 0 Å². The summed E-state index contributed by atoms with van der Waals surface area (Å²) in [5.41, 5.74) is 2.30. The molecule has 4 amide bonds. The fourth-order valence-corrected chi connectivity index (χ4v) is 5.81. The van der Waals surface area contributed by atoms with Crippen molar-refractivity contribution in [3.63, 3.8) is 0 Å². The van der Waals surface area contributed by atoms with Gasteiger partial charge in [0.1, 0.15) is 12.5 Å². The molecule has 3 heterocycles. The number of carbonyl (C=O) groups is 3. The van der Waals surface area contributed by atoms with E-state index in [0.29, 0.717) is 17.7 Å². The number of aromatic hydroxyl groups is 1. The second-order valence-electron chi connectivity index (χ2n) is 11.4. The SMILES string of the molecule is C[Si](C)(C)CCOCN1C(=O)N[C@@](CN2Cc3ccc(O)cc3C2=O)(c2ccc(C3=CCNC=C3)cc2)C1=O. The highest BCUT2D eigenvalue weighted by atomic mass is 28.3. The van der Waals surface area contributed by atoms with Gasteiger partial charge in [-0.3, -0.25) is 9.59 Å². The molecule has 0 bridgehead atoms. The Bertz CT molecular complexity index is 1360. The maximum Gasteiger partial charge on any atom is 0.327 e. The molecule has 0 aliphatic carbocycles. The molecule has 2 aromatic rings. The molecule has 5 rings (SSSR count). The lowest BCUT2D eigenvalue weighted by molar-refractivity contribution is -0.135. The number of allylic oxidation sites excluding steroid dienone is 2. The second kappa shape index (κ2) is 10.3. The molecular weight excluding hydrogens is 512 g/mol. The summed E-state index contributed by atoms with van der Waals surface area (Å²) >= 11 is 0. The number of carbonyl (C=O) groups excluding carboxylic acids is 3. The number of rotatable bonds is 9. The van der Waals surface area contributed by atoms with Gasteiger partial charge in [0.05, 0.1) is 6.54 Å². The Morgan fingerprint density at radius 2 is 1.85 bits per heavy atom. The van der Waals surface area contributed by atoms with Gasteiger partial charge in [-0.2, -0.15) is 0 Å². The molecule has 9 nitrogen and oxygen atoms in total. The molecule has 0 spiro atoms. The first kappa shape index (κ1) is 26.7. The van der Waals surface area contributed by atoms with Gasteiger partial charge in [0.15, 0.2) is 5.54 Å². The third kappa shape index (κ3) is 5.34. The molecule has 0 unspecified atom stereocenters. The molecule has 3 N–H and O–H groups in total.